The lowest BCUT2D eigenvalue weighted by Gasteiger charge is -2.35. The van der Waals surface area contributed by atoms with Crippen molar-refractivity contribution in [2.75, 3.05) is 32.2 Å². The van der Waals surface area contributed by atoms with E-state index in [2.05, 4.69) is 5.32 Å². The van der Waals surface area contributed by atoms with Gasteiger partial charge in [-0.3, -0.25) is 9.69 Å². The third-order valence-corrected chi connectivity index (χ3v) is 3.48. The van der Waals surface area contributed by atoms with Gasteiger partial charge < -0.3 is 19.5 Å². The van der Waals surface area contributed by atoms with Gasteiger partial charge in [0.15, 0.2) is 11.6 Å². The highest BCUT2D eigenvalue weighted by molar-refractivity contribution is 5.96. The second-order valence-electron chi connectivity index (χ2n) is 6.60. The van der Waals surface area contributed by atoms with Crippen molar-refractivity contribution >= 4 is 17.7 Å². The van der Waals surface area contributed by atoms with E-state index >= 15 is 0 Å². The summed E-state index contributed by atoms with van der Waals surface area (Å²) in [5, 5.41) is 2.59. The van der Waals surface area contributed by atoms with E-state index < -0.39 is 29.5 Å². The highest BCUT2D eigenvalue weighted by Crippen LogP contribution is 2.22. The maximum atomic E-state index is 13.7. The Bertz CT molecular complexity index is 644. The molecule has 1 fully saturated rings. The summed E-state index contributed by atoms with van der Waals surface area (Å²) in [5.74, 6) is -0.992. The number of morpholine rings is 1. The number of hydrogen-bond donors (Lipinski definition) is 1. The molecule has 1 aromatic rings. The molecule has 7 nitrogen and oxygen atoms in total. The molecule has 0 saturated carbocycles. The lowest BCUT2D eigenvalue weighted by Crippen LogP contribution is -2.55. The Morgan fingerprint density at radius 2 is 2.08 bits per heavy atom. The molecule has 0 spiro atoms. The number of anilines is 1. The summed E-state index contributed by atoms with van der Waals surface area (Å²) in [5.41, 5.74) is -0.409. The van der Waals surface area contributed by atoms with Gasteiger partial charge in [0.25, 0.3) is 0 Å². The molecule has 25 heavy (non-hydrogen) atoms. The first-order valence-corrected chi connectivity index (χ1v) is 7.93. The van der Waals surface area contributed by atoms with Crippen LogP contribution in [-0.2, 0) is 14.3 Å². The maximum absolute atomic E-state index is 13.7. The van der Waals surface area contributed by atoms with Gasteiger partial charge in [0.05, 0.1) is 20.3 Å². The number of ether oxygens (including phenoxy) is 3. The van der Waals surface area contributed by atoms with Crippen LogP contribution >= 0.6 is 0 Å². The SMILES string of the molecule is COc1ccc(NC(=O)C2COCCN2C(=O)OC(C)(C)C)cc1F. The molecule has 0 aliphatic carbocycles. The molecule has 0 bridgehead atoms. The van der Waals surface area contributed by atoms with Gasteiger partial charge in [-0.1, -0.05) is 0 Å². The van der Waals surface area contributed by atoms with Crippen LogP contribution in [0.4, 0.5) is 14.9 Å². The average Bonchev–Trinajstić information content (AvgIpc) is 2.53. The number of methoxy groups -OCH3 is 1. The monoisotopic (exact) mass is 354 g/mol. The minimum absolute atomic E-state index is 0.0454. The smallest absolute Gasteiger partial charge is 0.411 e. The van der Waals surface area contributed by atoms with Crippen molar-refractivity contribution in [3.05, 3.63) is 24.0 Å². The van der Waals surface area contributed by atoms with Crippen molar-refractivity contribution in [2.45, 2.75) is 32.4 Å². The number of carbonyl (C=O) groups is 2. The number of halogens is 1. The first-order valence-electron chi connectivity index (χ1n) is 7.93. The van der Waals surface area contributed by atoms with Gasteiger partial charge >= 0.3 is 6.09 Å². The number of nitrogens with one attached hydrogen (secondary N) is 1. The standard InChI is InChI=1S/C17H23FN2O5/c1-17(2,3)25-16(22)20-7-8-24-10-13(20)15(21)19-11-5-6-14(23-4)12(18)9-11/h5-6,9,13H,7-8,10H2,1-4H3,(H,19,21). The van der Waals surface area contributed by atoms with Crippen LogP contribution in [0.5, 0.6) is 5.75 Å². The molecule has 1 aliphatic heterocycles. The van der Waals surface area contributed by atoms with Crippen LogP contribution in [0.3, 0.4) is 0 Å². The van der Waals surface area contributed by atoms with Gasteiger partial charge in [0.2, 0.25) is 5.91 Å². The zero-order chi connectivity index (χ0) is 18.6. The Morgan fingerprint density at radius 3 is 2.68 bits per heavy atom. The quantitative estimate of drug-likeness (QED) is 0.902. The van der Waals surface area contributed by atoms with Crippen molar-refractivity contribution in [1.82, 2.24) is 4.90 Å². The van der Waals surface area contributed by atoms with E-state index in [0.717, 1.165) is 6.07 Å². The lowest BCUT2D eigenvalue weighted by atomic mass is 10.2. The molecule has 1 unspecified atom stereocenters. The van der Waals surface area contributed by atoms with Gasteiger partial charge in [0, 0.05) is 18.3 Å². The molecule has 1 atom stereocenters. The van der Waals surface area contributed by atoms with Gasteiger partial charge in [-0.25, -0.2) is 9.18 Å². The van der Waals surface area contributed by atoms with Gasteiger partial charge in [0.1, 0.15) is 11.6 Å². The first-order chi connectivity index (χ1) is 11.7. The summed E-state index contributed by atoms with van der Waals surface area (Å²) < 4.78 is 29.2. The normalized spacial score (nSPS) is 17.8. The van der Waals surface area contributed by atoms with E-state index in [1.54, 1.807) is 20.8 Å². The minimum Gasteiger partial charge on any atom is -0.494 e. The molecular weight excluding hydrogens is 331 g/mol. The molecule has 1 N–H and O–H groups in total. The molecule has 1 saturated heterocycles. The Morgan fingerprint density at radius 1 is 1.36 bits per heavy atom. The number of benzene rings is 1. The van der Waals surface area contributed by atoms with Crippen LogP contribution in [0.2, 0.25) is 0 Å². The van der Waals surface area contributed by atoms with Crippen molar-refractivity contribution in [2.24, 2.45) is 0 Å². The van der Waals surface area contributed by atoms with Crippen LogP contribution < -0.4 is 10.1 Å². The summed E-state index contributed by atoms with van der Waals surface area (Å²) >= 11 is 0. The third-order valence-electron chi connectivity index (χ3n) is 3.48. The van der Waals surface area contributed by atoms with Crippen LogP contribution in [0.1, 0.15) is 20.8 Å². The number of amides is 2. The molecule has 138 valence electrons. The van der Waals surface area contributed by atoms with E-state index in [4.69, 9.17) is 14.2 Å². The van der Waals surface area contributed by atoms with E-state index in [1.165, 1.54) is 24.1 Å². The number of hydrogen-bond acceptors (Lipinski definition) is 5. The summed E-state index contributed by atoms with van der Waals surface area (Å²) in [4.78, 5) is 26.2. The fourth-order valence-corrected chi connectivity index (χ4v) is 2.33. The molecule has 1 aliphatic rings. The highest BCUT2D eigenvalue weighted by atomic mass is 19.1. The fourth-order valence-electron chi connectivity index (χ4n) is 2.33. The van der Waals surface area contributed by atoms with Crippen LogP contribution in [0.15, 0.2) is 18.2 Å². The average molecular weight is 354 g/mol. The Balaban J connectivity index is 2.09. The van der Waals surface area contributed by atoms with Gasteiger partial charge in [-0.05, 0) is 32.9 Å². The minimum atomic E-state index is -0.853. The molecule has 2 rings (SSSR count). The largest absolute Gasteiger partial charge is 0.494 e. The molecular formula is C17H23FN2O5. The van der Waals surface area contributed by atoms with E-state index in [0.29, 0.717) is 6.61 Å². The predicted octanol–water partition coefficient (Wildman–Crippen LogP) is 2.41. The maximum Gasteiger partial charge on any atom is 0.411 e. The lowest BCUT2D eigenvalue weighted by molar-refractivity contribution is -0.127. The topological polar surface area (TPSA) is 77.1 Å². The third kappa shape index (κ3) is 5.06. The van der Waals surface area contributed by atoms with Crippen molar-refractivity contribution in [3.63, 3.8) is 0 Å². The van der Waals surface area contributed by atoms with Crippen LogP contribution in [0, 0.1) is 5.82 Å². The first kappa shape index (κ1) is 19.0. The summed E-state index contributed by atoms with van der Waals surface area (Å²) in [6, 6.07) is 3.22. The number of rotatable bonds is 3. The molecule has 8 heteroatoms. The predicted molar refractivity (Wildman–Crippen MR) is 89.1 cm³/mol. The van der Waals surface area contributed by atoms with E-state index in [1.807, 2.05) is 0 Å². The molecule has 0 aromatic heterocycles. The molecule has 0 radical (unpaired) electrons. The highest BCUT2D eigenvalue weighted by Gasteiger charge is 2.35. The molecule has 1 heterocycles. The summed E-state index contributed by atoms with van der Waals surface area (Å²) in [6.07, 6.45) is -0.586. The second-order valence-corrected chi connectivity index (χ2v) is 6.60. The van der Waals surface area contributed by atoms with Crippen LogP contribution in [0.25, 0.3) is 0 Å². The zero-order valence-corrected chi connectivity index (χ0v) is 14.8. The molecule has 2 amide bonds. The second kappa shape index (κ2) is 7.69. The van der Waals surface area contributed by atoms with Gasteiger partial charge in [-0.15, -0.1) is 0 Å². The van der Waals surface area contributed by atoms with Crippen molar-refractivity contribution in [1.29, 1.82) is 0 Å². The molecule has 1 aromatic carbocycles. The van der Waals surface area contributed by atoms with Crippen molar-refractivity contribution < 1.29 is 28.2 Å². The van der Waals surface area contributed by atoms with E-state index in [9.17, 15) is 14.0 Å². The Labute approximate surface area is 146 Å². The zero-order valence-electron chi connectivity index (χ0n) is 14.8. The Kier molecular flexibility index (Phi) is 5.84. The Hall–Kier alpha value is -2.35. The number of nitrogens with zero attached hydrogens (tertiary/aromatic N) is 1. The number of carbonyl (C=O) groups excluding carboxylic acids is 2. The summed E-state index contributed by atoms with van der Waals surface area (Å²) in [6.45, 7) is 5.86. The fraction of sp³-hybridized carbons (Fsp3) is 0.529. The summed E-state index contributed by atoms with van der Waals surface area (Å²) in [7, 11) is 1.36. The van der Waals surface area contributed by atoms with Gasteiger partial charge in [-0.2, -0.15) is 0 Å². The van der Waals surface area contributed by atoms with E-state index in [-0.39, 0.29) is 24.6 Å². The van der Waals surface area contributed by atoms with Crippen molar-refractivity contribution in [3.8, 4) is 5.75 Å². The van der Waals surface area contributed by atoms with Crippen LogP contribution in [-0.4, -0.2) is 55.4 Å².